The van der Waals surface area contributed by atoms with Crippen molar-refractivity contribution in [1.82, 2.24) is 0 Å². The normalized spacial score (nSPS) is 18.0. The summed E-state index contributed by atoms with van der Waals surface area (Å²) in [5, 5.41) is 23.3. The fourth-order valence-electron chi connectivity index (χ4n) is 3.11. The minimum atomic E-state index is -0.483. The zero-order valence-corrected chi connectivity index (χ0v) is 13.6. The summed E-state index contributed by atoms with van der Waals surface area (Å²) in [6.07, 6.45) is 5.66. The van der Waals surface area contributed by atoms with Crippen molar-refractivity contribution in [3.63, 3.8) is 0 Å². The minimum Gasteiger partial charge on any atom is -0.507 e. The third-order valence-corrected chi connectivity index (χ3v) is 4.42. The lowest BCUT2D eigenvalue weighted by molar-refractivity contribution is -0.121. The van der Waals surface area contributed by atoms with E-state index in [9.17, 15) is 15.0 Å². The third kappa shape index (κ3) is 3.64. The second-order valence-corrected chi connectivity index (χ2v) is 6.06. The van der Waals surface area contributed by atoms with Crippen LogP contribution in [0.2, 0.25) is 0 Å². The molecule has 1 aromatic carbocycles. The van der Waals surface area contributed by atoms with Gasteiger partial charge in [-0.15, -0.1) is 13.2 Å². The molecule has 124 valence electrons. The Kier molecular flexibility index (Phi) is 5.61. The number of carbonyl (C=O) groups is 1. The van der Waals surface area contributed by atoms with Crippen LogP contribution in [-0.2, 0) is 24.1 Å². The number of aliphatic hydroxyl groups is 1. The number of allylic oxidation sites excluding steroid dienone is 2. The number of aliphatic hydroxyl groups excluding tert-OH is 1. The second-order valence-electron chi connectivity index (χ2n) is 6.06. The van der Waals surface area contributed by atoms with Gasteiger partial charge in [-0.2, -0.15) is 0 Å². The van der Waals surface area contributed by atoms with E-state index in [2.05, 4.69) is 18.5 Å². The Morgan fingerprint density at radius 2 is 2.09 bits per heavy atom. The third-order valence-electron chi connectivity index (χ3n) is 4.42. The van der Waals surface area contributed by atoms with Crippen LogP contribution in [0.15, 0.2) is 31.4 Å². The molecule has 0 bridgehead atoms. The molecule has 1 aliphatic rings. The van der Waals surface area contributed by atoms with Gasteiger partial charge in [0.1, 0.15) is 5.75 Å². The number of fused-ring (bicyclic) bond motifs is 1. The summed E-state index contributed by atoms with van der Waals surface area (Å²) in [6, 6.07) is 1.82. The molecule has 0 aromatic heterocycles. The molecule has 2 unspecified atom stereocenters. The number of rotatable bonds is 7. The maximum atomic E-state index is 12.3. The van der Waals surface area contributed by atoms with Crippen molar-refractivity contribution in [2.45, 2.75) is 45.1 Å². The Morgan fingerprint density at radius 3 is 2.70 bits per heavy atom. The van der Waals surface area contributed by atoms with Crippen molar-refractivity contribution >= 4 is 11.6 Å². The van der Waals surface area contributed by atoms with Crippen LogP contribution in [0, 0.1) is 5.92 Å². The Balaban J connectivity index is 2.43. The topological polar surface area (TPSA) is 69.6 Å². The van der Waals surface area contributed by atoms with Gasteiger partial charge in [0.25, 0.3) is 0 Å². The molecule has 0 fully saturated rings. The van der Waals surface area contributed by atoms with Gasteiger partial charge in [0.2, 0.25) is 5.91 Å². The lowest BCUT2D eigenvalue weighted by Crippen LogP contribution is -2.33. The zero-order chi connectivity index (χ0) is 17.0. The molecule has 4 nitrogen and oxygen atoms in total. The molecule has 1 amide bonds. The molecule has 1 heterocycles. The van der Waals surface area contributed by atoms with Crippen molar-refractivity contribution in [3.8, 4) is 5.75 Å². The molecule has 0 radical (unpaired) electrons. The monoisotopic (exact) mass is 315 g/mol. The van der Waals surface area contributed by atoms with Crippen molar-refractivity contribution in [1.29, 1.82) is 0 Å². The van der Waals surface area contributed by atoms with E-state index in [0.717, 1.165) is 22.4 Å². The fourth-order valence-corrected chi connectivity index (χ4v) is 3.11. The number of anilines is 1. The van der Waals surface area contributed by atoms with Crippen LogP contribution in [0.5, 0.6) is 5.75 Å². The highest BCUT2D eigenvalue weighted by Gasteiger charge is 2.30. The molecule has 23 heavy (non-hydrogen) atoms. The smallest absolute Gasteiger partial charge is 0.227 e. The highest BCUT2D eigenvalue weighted by molar-refractivity contribution is 5.96. The highest BCUT2D eigenvalue weighted by atomic mass is 16.3. The number of phenolic OH excluding ortho intramolecular Hbond substituents is 1. The molecule has 3 N–H and O–H groups in total. The molecular formula is C19H25NO3. The lowest BCUT2D eigenvalue weighted by atomic mass is 9.84. The highest BCUT2D eigenvalue weighted by Crippen LogP contribution is 2.38. The van der Waals surface area contributed by atoms with E-state index in [1.165, 1.54) is 0 Å². The van der Waals surface area contributed by atoms with Crippen LogP contribution in [0.1, 0.15) is 36.5 Å². The van der Waals surface area contributed by atoms with Crippen molar-refractivity contribution < 1.29 is 15.0 Å². The molecule has 0 aliphatic carbocycles. The van der Waals surface area contributed by atoms with Gasteiger partial charge in [0.15, 0.2) is 0 Å². The summed E-state index contributed by atoms with van der Waals surface area (Å²) in [5.74, 6) is -0.0787. The molecule has 2 rings (SSSR count). The second kappa shape index (κ2) is 7.47. The average molecular weight is 315 g/mol. The largest absolute Gasteiger partial charge is 0.507 e. The Labute approximate surface area is 137 Å². The van der Waals surface area contributed by atoms with Crippen LogP contribution >= 0.6 is 0 Å². The first-order valence-electron chi connectivity index (χ1n) is 8.09. The van der Waals surface area contributed by atoms with Gasteiger partial charge < -0.3 is 15.5 Å². The number of hydrogen-bond acceptors (Lipinski definition) is 3. The van der Waals surface area contributed by atoms with Crippen LogP contribution in [0.4, 0.5) is 5.69 Å². The number of aromatic hydroxyl groups is 1. The number of phenols is 1. The Morgan fingerprint density at radius 1 is 1.39 bits per heavy atom. The summed E-state index contributed by atoms with van der Waals surface area (Å²) in [7, 11) is 0. The minimum absolute atomic E-state index is 0.0650. The predicted molar refractivity (Wildman–Crippen MR) is 92.6 cm³/mol. The van der Waals surface area contributed by atoms with Crippen molar-refractivity contribution in [3.05, 3.63) is 48.1 Å². The van der Waals surface area contributed by atoms with Gasteiger partial charge in [-0.3, -0.25) is 4.79 Å². The van der Waals surface area contributed by atoms with E-state index in [1.807, 2.05) is 13.0 Å². The molecule has 1 aromatic rings. The molecular weight excluding hydrogens is 290 g/mol. The van der Waals surface area contributed by atoms with Crippen LogP contribution in [0.25, 0.3) is 0 Å². The quantitative estimate of drug-likeness (QED) is 0.535. The number of benzene rings is 1. The van der Waals surface area contributed by atoms with E-state index >= 15 is 0 Å². The van der Waals surface area contributed by atoms with Crippen LogP contribution in [-0.4, -0.2) is 22.2 Å². The first-order chi connectivity index (χ1) is 11.0. The number of nitrogens with one attached hydrogen (secondary N) is 1. The van der Waals surface area contributed by atoms with E-state index in [4.69, 9.17) is 0 Å². The summed E-state index contributed by atoms with van der Waals surface area (Å²) in [4.78, 5) is 12.3. The maximum absolute atomic E-state index is 12.3. The van der Waals surface area contributed by atoms with E-state index in [0.29, 0.717) is 32.1 Å². The predicted octanol–water partition coefficient (Wildman–Crippen LogP) is 3.12. The van der Waals surface area contributed by atoms with Crippen LogP contribution in [0.3, 0.4) is 0 Å². The Bertz CT molecular complexity index is 622. The summed E-state index contributed by atoms with van der Waals surface area (Å²) < 4.78 is 0. The van der Waals surface area contributed by atoms with E-state index in [1.54, 1.807) is 12.2 Å². The first-order valence-corrected chi connectivity index (χ1v) is 8.09. The van der Waals surface area contributed by atoms with E-state index < -0.39 is 6.10 Å². The number of carbonyl (C=O) groups excluding carboxylic acids is 1. The van der Waals surface area contributed by atoms with Gasteiger partial charge in [-0.25, -0.2) is 0 Å². The summed E-state index contributed by atoms with van der Waals surface area (Å²) in [6.45, 7) is 9.36. The van der Waals surface area contributed by atoms with Gasteiger partial charge in [-0.1, -0.05) is 19.1 Å². The number of amides is 1. The van der Waals surface area contributed by atoms with Gasteiger partial charge in [0.05, 0.1) is 6.10 Å². The van der Waals surface area contributed by atoms with Gasteiger partial charge in [-0.05, 0) is 49.3 Å². The molecule has 0 spiro atoms. The zero-order valence-electron chi connectivity index (χ0n) is 13.6. The molecule has 1 aliphatic heterocycles. The molecule has 0 saturated carbocycles. The fraction of sp³-hybridized carbons (Fsp3) is 0.421. The number of hydrogen-bond donors (Lipinski definition) is 3. The van der Waals surface area contributed by atoms with E-state index in [-0.39, 0.29) is 17.6 Å². The lowest BCUT2D eigenvalue weighted by Gasteiger charge is -2.29. The Hall–Kier alpha value is -2.07. The molecule has 2 atom stereocenters. The SMILES string of the molecule is C=CCc1cc2c(c(CC=C)c1O)CC(CC(O)CC)C(=O)N2. The molecule has 0 saturated heterocycles. The van der Waals surface area contributed by atoms with Crippen molar-refractivity contribution in [2.24, 2.45) is 5.92 Å². The first kappa shape index (κ1) is 17.3. The molecule has 4 heteroatoms. The summed E-state index contributed by atoms with van der Waals surface area (Å²) in [5.41, 5.74) is 3.26. The van der Waals surface area contributed by atoms with Gasteiger partial charge in [0, 0.05) is 17.2 Å². The summed E-state index contributed by atoms with van der Waals surface area (Å²) >= 11 is 0. The maximum Gasteiger partial charge on any atom is 0.227 e. The standard InChI is InChI=1S/C19H25NO3/c1-4-7-12-11-17-16(15(8-5-2)18(12)22)10-13(19(23)20-17)9-14(21)6-3/h4-5,11,13-14,21-22H,1-2,6-10H2,3H3,(H,20,23). The van der Waals surface area contributed by atoms with Gasteiger partial charge >= 0.3 is 0 Å². The van der Waals surface area contributed by atoms with Crippen LogP contribution < -0.4 is 5.32 Å². The average Bonchev–Trinajstić information content (AvgIpc) is 2.53. The van der Waals surface area contributed by atoms with Crippen molar-refractivity contribution in [2.75, 3.05) is 5.32 Å².